The van der Waals surface area contributed by atoms with Gasteiger partial charge in [-0.15, -0.1) is 22.7 Å². The van der Waals surface area contributed by atoms with E-state index in [0.29, 0.717) is 15.4 Å². The molecule has 0 aromatic carbocycles. The second-order valence-corrected chi connectivity index (χ2v) is 8.11. The van der Waals surface area contributed by atoms with Crippen molar-refractivity contribution in [1.82, 2.24) is 4.90 Å². The molecule has 0 saturated carbocycles. The van der Waals surface area contributed by atoms with E-state index in [2.05, 4.69) is 5.32 Å². The lowest BCUT2D eigenvalue weighted by atomic mass is 10.1. The van der Waals surface area contributed by atoms with Crippen molar-refractivity contribution in [3.8, 4) is 0 Å². The van der Waals surface area contributed by atoms with E-state index in [-0.39, 0.29) is 23.8 Å². The molecule has 0 radical (unpaired) electrons. The maximum Gasteiger partial charge on any atom is 0.341 e. The first-order valence-corrected chi connectivity index (χ1v) is 10.0. The number of carbonyl (C=O) groups is 3. The van der Waals surface area contributed by atoms with E-state index >= 15 is 0 Å². The zero-order chi connectivity index (χ0) is 18.7. The van der Waals surface area contributed by atoms with Crippen molar-refractivity contribution < 1.29 is 19.1 Å². The van der Waals surface area contributed by atoms with Crippen molar-refractivity contribution in [3.63, 3.8) is 0 Å². The SMILES string of the molecule is COC(=O)c1c(NC(=O)Cc2cccs2)sc(C(=O)N2CCCC2)c1C. The van der Waals surface area contributed by atoms with Crippen LogP contribution in [0.2, 0.25) is 0 Å². The molecule has 26 heavy (non-hydrogen) atoms. The third-order valence-electron chi connectivity index (χ3n) is 4.29. The number of nitrogens with zero attached hydrogens (tertiary/aromatic N) is 1. The fourth-order valence-corrected chi connectivity index (χ4v) is 4.84. The molecule has 0 aliphatic carbocycles. The molecule has 2 amide bonds. The average molecular weight is 393 g/mol. The van der Waals surface area contributed by atoms with Gasteiger partial charge in [-0.3, -0.25) is 9.59 Å². The van der Waals surface area contributed by atoms with E-state index in [1.54, 1.807) is 11.8 Å². The number of rotatable bonds is 5. The first-order chi connectivity index (χ1) is 12.5. The first-order valence-electron chi connectivity index (χ1n) is 8.34. The average Bonchev–Trinajstić information content (AvgIpc) is 3.35. The van der Waals surface area contributed by atoms with Crippen LogP contribution in [0.1, 0.15) is 43.3 Å². The highest BCUT2D eigenvalue weighted by Crippen LogP contribution is 2.35. The van der Waals surface area contributed by atoms with Gasteiger partial charge in [0.15, 0.2) is 0 Å². The molecule has 2 aromatic heterocycles. The summed E-state index contributed by atoms with van der Waals surface area (Å²) in [6, 6.07) is 3.77. The molecule has 138 valence electrons. The molecule has 3 heterocycles. The summed E-state index contributed by atoms with van der Waals surface area (Å²) in [4.78, 5) is 40.5. The van der Waals surface area contributed by atoms with Crippen LogP contribution in [0.3, 0.4) is 0 Å². The largest absolute Gasteiger partial charge is 0.465 e. The monoisotopic (exact) mass is 392 g/mol. The highest BCUT2D eigenvalue weighted by Gasteiger charge is 2.29. The van der Waals surface area contributed by atoms with Crippen molar-refractivity contribution >= 4 is 45.5 Å². The quantitative estimate of drug-likeness (QED) is 0.792. The molecule has 0 spiro atoms. The summed E-state index contributed by atoms with van der Waals surface area (Å²) in [6.45, 7) is 3.18. The standard InChI is InChI=1S/C18H20N2O4S2/c1-11-14(18(23)24-2)16(19-13(21)10-12-6-5-9-25-12)26-15(11)17(22)20-7-3-4-8-20/h5-6,9H,3-4,7-8,10H2,1-2H3,(H,19,21). The molecule has 0 atom stereocenters. The topological polar surface area (TPSA) is 75.7 Å². The van der Waals surface area contributed by atoms with Crippen molar-refractivity contribution in [1.29, 1.82) is 0 Å². The van der Waals surface area contributed by atoms with Crippen LogP contribution in [0.15, 0.2) is 17.5 Å². The van der Waals surface area contributed by atoms with Gasteiger partial charge in [-0.2, -0.15) is 0 Å². The normalized spacial score (nSPS) is 13.7. The lowest BCUT2D eigenvalue weighted by molar-refractivity contribution is -0.115. The lowest BCUT2D eigenvalue weighted by Gasteiger charge is -2.14. The predicted octanol–water partition coefficient (Wildman–Crippen LogP) is 3.32. The smallest absolute Gasteiger partial charge is 0.341 e. The van der Waals surface area contributed by atoms with Gasteiger partial charge in [0.05, 0.1) is 24.0 Å². The third-order valence-corrected chi connectivity index (χ3v) is 6.36. The second kappa shape index (κ2) is 8.01. The van der Waals surface area contributed by atoms with Gasteiger partial charge in [0.1, 0.15) is 5.00 Å². The number of anilines is 1. The Morgan fingerprint density at radius 2 is 2.00 bits per heavy atom. The molecule has 3 rings (SSSR count). The number of methoxy groups -OCH3 is 1. The van der Waals surface area contributed by atoms with Crippen LogP contribution in [-0.4, -0.2) is 42.9 Å². The number of hydrogen-bond donors (Lipinski definition) is 1. The Kier molecular flexibility index (Phi) is 5.73. The van der Waals surface area contributed by atoms with Crippen LogP contribution in [0, 0.1) is 6.92 Å². The molecule has 0 unspecified atom stereocenters. The van der Waals surface area contributed by atoms with Crippen LogP contribution >= 0.6 is 22.7 Å². The van der Waals surface area contributed by atoms with E-state index in [1.807, 2.05) is 17.5 Å². The van der Waals surface area contributed by atoms with E-state index in [4.69, 9.17) is 4.74 Å². The minimum absolute atomic E-state index is 0.0890. The Labute approximate surface area is 159 Å². The van der Waals surface area contributed by atoms with Gasteiger partial charge in [0.2, 0.25) is 5.91 Å². The maximum absolute atomic E-state index is 12.8. The molecular formula is C18H20N2O4S2. The van der Waals surface area contributed by atoms with E-state index in [1.165, 1.54) is 18.4 Å². The molecule has 1 aliphatic rings. The fourth-order valence-electron chi connectivity index (χ4n) is 2.96. The third kappa shape index (κ3) is 3.81. The van der Waals surface area contributed by atoms with Crippen LogP contribution in [0.4, 0.5) is 5.00 Å². The summed E-state index contributed by atoms with van der Waals surface area (Å²) in [5, 5.41) is 5.07. The lowest BCUT2D eigenvalue weighted by Crippen LogP contribution is -2.27. The fraction of sp³-hybridized carbons (Fsp3) is 0.389. The Hall–Kier alpha value is -2.19. The van der Waals surface area contributed by atoms with Gasteiger partial charge in [0, 0.05) is 18.0 Å². The Morgan fingerprint density at radius 3 is 2.62 bits per heavy atom. The second-order valence-electron chi connectivity index (χ2n) is 6.06. The number of amides is 2. The Balaban J connectivity index is 1.87. The molecule has 8 heteroatoms. The number of esters is 1. The maximum atomic E-state index is 12.8. The van der Waals surface area contributed by atoms with Crippen molar-refractivity contribution in [2.24, 2.45) is 0 Å². The predicted molar refractivity (Wildman–Crippen MR) is 102 cm³/mol. The van der Waals surface area contributed by atoms with Gasteiger partial charge in [0.25, 0.3) is 5.91 Å². The van der Waals surface area contributed by atoms with Gasteiger partial charge in [-0.05, 0) is 36.8 Å². The summed E-state index contributed by atoms with van der Waals surface area (Å²) < 4.78 is 4.86. The molecule has 2 aromatic rings. The van der Waals surface area contributed by atoms with Crippen molar-refractivity contribution in [2.75, 3.05) is 25.5 Å². The molecule has 1 aliphatic heterocycles. The number of thiophene rings is 2. The van der Waals surface area contributed by atoms with Gasteiger partial charge in [-0.25, -0.2) is 4.79 Å². The van der Waals surface area contributed by atoms with E-state index in [9.17, 15) is 14.4 Å². The van der Waals surface area contributed by atoms with Gasteiger partial charge < -0.3 is 15.0 Å². The molecule has 6 nitrogen and oxygen atoms in total. The van der Waals surface area contributed by atoms with E-state index in [0.717, 1.165) is 42.1 Å². The van der Waals surface area contributed by atoms with Crippen LogP contribution < -0.4 is 5.32 Å². The van der Waals surface area contributed by atoms with Crippen molar-refractivity contribution in [2.45, 2.75) is 26.2 Å². The number of likely N-dealkylation sites (tertiary alicyclic amines) is 1. The first kappa shape index (κ1) is 18.6. The van der Waals surface area contributed by atoms with Crippen LogP contribution in [0.25, 0.3) is 0 Å². The summed E-state index contributed by atoms with van der Waals surface area (Å²) in [5.74, 6) is -0.862. The summed E-state index contributed by atoms with van der Waals surface area (Å²) in [5.41, 5.74) is 0.824. The number of ether oxygens (including phenoxy) is 1. The molecule has 1 N–H and O–H groups in total. The zero-order valence-corrected chi connectivity index (χ0v) is 16.3. The summed E-state index contributed by atoms with van der Waals surface area (Å²) in [6.07, 6.45) is 2.21. The minimum Gasteiger partial charge on any atom is -0.465 e. The highest BCUT2D eigenvalue weighted by atomic mass is 32.1. The number of carbonyl (C=O) groups excluding carboxylic acids is 3. The number of hydrogen-bond acceptors (Lipinski definition) is 6. The Morgan fingerprint density at radius 1 is 1.27 bits per heavy atom. The molecular weight excluding hydrogens is 372 g/mol. The minimum atomic E-state index is -0.550. The molecule has 0 bridgehead atoms. The zero-order valence-electron chi connectivity index (χ0n) is 14.7. The van der Waals surface area contributed by atoms with Crippen LogP contribution in [0.5, 0.6) is 0 Å². The molecule has 1 fully saturated rings. The van der Waals surface area contributed by atoms with Crippen LogP contribution in [-0.2, 0) is 16.0 Å². The van der Waals surface area contributed by atoms with Gasteiger partial charge in [-0.1, -0.05) is 6.07 Å². The highest BCUT2D eigenvalue weighted by molar-refractivity contribution is 7.18. The summed E-state index contributed by atoms with van der Waals surface area (Å²) >= 11 is 2.64. The van der Waals surface area contributed by atoms with Gasteiger partial charge >= 0.3 is 5.97 Å². The van der Waals surface area contributed by atoms with Crippen molar-refractivity contribution in [3.05, 3.63) is 38.4 Å². The summed E-state index contributed by atoms with van der Waals surface area (Å²) in [7, 11) is 1.29. The van der Waals surface area contributed by atoms with E-state index < -0.39 is 5.97 Å². The molecule has 1 saturated heterocycles. The Bertz CT molecular complexity index is 821. The number of nitrogens with one attached hydrogen (secondary N) is 1.